The summed E-state index contributed by atoms with van der Waals surface area (Å²) >= 11 is 4.95. The average molecular weight is 263 g/mol. The highest BCUT2D eigenvalue weighted by Crippen LogP contribution is 2.45. The molecule has 0 N–H and O–H groups in total. The molecule has 2 rings (SSSR count). The van der Waals surface area contributed by atoms with Gasteiger partial charge in [-0.05, 0) is 26.1 Å². The Morgan fingerprint density at radius 2 is 2.29 bits per heavy atom. The first-order chi connectivity index (χ1) is 8.80. The predicted molar refractivity (Wildman–Crippen MR) is 67.3 cm³/mol. The van der Waals surface area contributed by atoms with Crippen LogP contribution in [0, 0.1) is 0 Å². The lowest BCUT2D eigenvalue weighted by Gasteiger charge is -2.33. The molecular formula is C12H20O4S. The van der Waals surface area contributed by atoms with E-state index in [2.05, 4.69) is 0 Å². The summed E-state index contributed by atoms with van der Waals surface area (Å²) in [7, 11) is -1.35. The lowest BCUT2D eigenvalue weighted by molar-refractivity contribution is -0.213. The van der Waals surface area contributed by atoms with Crippen LogP contribution in [0.15, 0.2) is 0 Å². The highest BCUT2D eigenvalue weighted by molar-refractivity contribution is 7.78. The molecule has 4 nitrogen and oxygen atoms in total. The maximum Gasteiger partial charge on any atom is 0.164 e. The zero-order chi connectivity index (χ0) is 14.3. The quantitative estimate of drug-likeness (QED) is 0.722. The van der Waals surface area contributed by atoms with Crippen LogP contribution in [0.3, 0.4) is 0 Å². The Balaban J connectivity index is 2.20. The van der Waals surface area contributed by atoms with Crippen molar-refractivity contribution in [2.24, 2.45) is 0 Å². The van der Waals surface area contributed by atoms with Crippen molar-refractivity contribution in [1.29, 1.82) is 0 Å². The fourth-order valence-electron chi connectivity index (χ4n) is 2.66. The van der Waals surface area contributed by atoms with E-state index in [1.54, 1.807) is 5.37 Å². The van der Waals surface area contributed by atoms with Crippen LogP contribution in [0.1, 0.15) is 29.9 Å². The number of rotatable bonds is 4. The Morgan fingerprint density at radius 1 is 1.53 bits per heavy atom. The van der Waals surface area contributed by atoms with Gasteiger partial charge in [0.25, 0.3) is 0 Å². The molecule has 0 aromatic carbocycles. The standard InChI is InChI=1S/C12H20O4S/c1-8-9-10(16-11(2,3)15-9)12(14-8,5-6-17)7-13-4/h6,8-10H,5,7H2,1-4H3/t8?,9-,10?,12?/m1/s1/i4TD/t4?,8?,9-,10?,12?. The molecule has 5 atom stereocenters. The van der Waals surface area contributed by atoms with Crippen molar-refractivity contribution in [3.63, 3.8) is 0 Å². The Bertz CT molecular complexity index is 353. The van der Waals surface area contributed by atoms with Crippen molar-refractivity contribution in [1.82, 2.24) is 0 Å². The summed E-state index contributed by atoms with van der Waals surface area (Å²) in [5.41, 5.74) is -0.764. The first-order valence-corrected chi connectivity index (χ1v) is 6.20. The molecule has 0 amide bonds. The molecule has 0 aliphatic carbocycles. The Morgan fingerprint density at radius 3 is 2.94 bits per heavy atom. The van der Waals surface area contributed by atoms with Gasteiger partial charge in [0.2, 0.25) is 0 Å². The summed E-state index contributed by atoms with van der Waals surface area (Å²) in [6.07, 6.45) is -0.154. The summed E-state index contributed by atoms with van der Waals surface area (Å²) in [5.74, 6) is -0.665. The molecule has 5 heteroatoms. The second kappa shape index (κ2) is 4.55. The summed E-state index contributed by atoms with van der Waals surface area (Å²) in [5, 5.41) is 1.58. The topological polar surface area (TPSA) is 36.9 Å². The van der Waals surface area contributed by atoms with E-state index in [1.807, 2.05) is 20.8 Å². The molecule has 2 fully saturated rings. The molecule has 0 aromatic rings. The molecule has 2 saturated heterocycles. The molecule has 0 radical (unpaired) electrons. The number of methoxy groups -OCH3 is 1. The first kappa shape index (κ1) is 10.8. The summed E-state index contributed by atoms with van der Waals surface area (Å²) in [6, 6.07) is 0. The molecule has 0 saturated carbocycles. The SMILES string of the molecule is [2H]C([3H])OCC1(CC=S)OC(C)[C@H]2OC(C)(C)OC21. The first-order valence-electron chi connectivity index (χ1n) is 6.88. The van der Waals surface area contributed by atoms with Gasteiger partial charge in [0, 0.05) is 13.5 Å². The van der Waals surface area contributed by atoms with Gasteiger partial charge >= 0.3 is 0 Å². The minimum absolute atomic E-state index is 0.1000. The average Bonchev–Trinajstić information content (AvgIpc) is 2.73. The van der Waals surface area contributed by atoms with Gasteiger partial charge in [-0.2, -0.15) is 0 Å². The maximum absolute atomic E-state index is 7.16. The van der Waals surface area contributed by atoms with E-state index >= 15 is 0 Å². The van der Waals surface area contributed by atoms with Crippen LogP contribution in [-0.2, 0) is 18.9 Å². The highest BCUT2D eigenvalue weighted by atomic mass is 32.1. The number of ether oxygens (including phenoxy) is 4. The van der Waals surface area contributed by atoms with Crippen LogP contribution in [0.5, 0.6) is 0 Å². The fourth-order valence-corrected chi connectivity index (χ4v) is 2.95. The van der Waals surface area contributed by atoms with Gasteiger partial charge in [-0.15, -0.1) is 0 Å². The molecule has 2 aliphatic heterocycles. The van der Waals surface area contributed by atoms with Crippen LogP contribution < -0.4 is 0 Å². The van der Waals surface area contributed by atoms with Gasteiger partial charge in [-0.25, -0.2) is 0 Å². The number of hydrogen-bond donors (Lipinski definition) is 0. The number of thiocarbonyl (C=S) groups is 1. The van der Waals surface area contributed by atoms with Crippen molar-refractivity contribution < 1.29 is 21.7 Å². The third kappa shape index (κ3) is 2.27. The van der Waals surface area contributed by atoms with E-state index in [4.69, 9.17) is 33.9 Å². The second-order valence-corrected chi connectivity index (χ2v) is 5.42. The molecule has 0 aromatic heterocycles. The minimum Gasteiger partial charge on any atom is -0.382 e. The zero-order valence-corrected chi connectivity index (χ0v) is 11.2. The molecule has 98 valence electrons. The van der Waals surface area contributed by atoms with E-state index in [9.17, 15) is 0 Å². The van der Waals surface area contributed by atoms with Gasteiger partial charge in [-0.3, -0.25) is 0 Å². The van der Waals surface area contributed by atoms with Gasteiger partial charge in [0.1, 0.15) is 17.8 Å². The summed E-state index contributed by atoms with van der Waals surface area (Å²) in [4.78, 5) is 0. The third-order valence-electron chi connectivity index (χ3n) is 3.29. The van der Waals surface area contributed by atoms with Gasteiger partial charge in [0.05, 0.1) is 15.5 Å². The van der Waals surface area contributed by atoms with Crippen molar-refractivity contribution in [3.8, 4) is 0 Å². The molecule has 2 aliphatic rings. The Hall–Kier alpha value is -0.0700. The minimum atomic E-state index is -1.35. The van der Waals surface area contributed by atoms with Crippen molar-refractivity contribution in [2.45, 2.75) is 56.9 Å². The largest absolute Gasteiger partial charge is 0.382 e. The lowest BCUT2D eigenvalue weighted by atomic mass is 9.93. The molecule has 0 spiro atoms. The van der Waals surface area contributed by atoms with E-state index in [1.165, 1.54) is 0 Å². The molecule has 2 heterocycles. The Labute approximate surface area is 110 Å². The van der Waals surface area contributed by atoms with E-state index < -0.39 is 18.5 Å². The maximum atomic E-state index is 7.16. The van der Waals surface area contributed by atoms with Crippen LogP contribution in [0.25, 0.3) is 0 Å². The van der Waals surface area contributed by atoms with Gasteiger partial charge in [0.15, 0.2) is 5.79 Å². The normalized spacial score (nSPS) is 47.1. The Kier molecular flexibility index (Phi) is 2.90. The predicted octanol–water partition coefficient (Wildman–Crippen LogP) is 1.70. The summed E-state index contributed by atoms with van der Waals surface area (Å²) in [6.45, 7) is 5.74. The number of hydrogen-bond acceptors (Lipinski definition) is 5. The molecule has 0 bridgehead atoms. The van der Waals surface area contributed by atoms with Crippen molar-refractivity contribution >= 4 is 17.6 Å². The monoisotopic (exact) mass is 263 g/mol. The number of fused-ring (bicyclic) bond motifs is 1. The summed E-state index contributed by atoms with van der Waals surface area (Å²) < 4.78 is 37.2. The van der Waals surface area contributed by atoms with Crippen LogP contribution in [-0.4, -0.2) is 48.7 Å². The van der Waals surface area contributed by atoms with Crippen LogP contribution in [0.4, 0.5) is 0 Å². The van der Waals surface area contributed by atoms with Crippen LogP contribution >= 0.6 is 12.2 Å². The van der Waals surface area contributed by atoms with Gasteiger partial charge < -0.3 is 18.9 Å². The van der Waals surface area contributed by atoms with Crippen LogP contribution in [0.2, 0.25) is 0 Å². The van der Waals surface area contributed by atoms with Gasteiger partial charge in [-0.1, -0.05) is 12.2 Å². The van der Waals surface area contributed by atoms with E-state index in [-0.39, 0.29) is 24.9 Å². The zero-order valence-electron chi connectivity index (χ0n) is 12.3. The second-order valence-electron chi connectivity index (χ2n) is 5.09. The van der Waals surface area contributed by atoms with Crippen molar-refractivity contribution in [2.75, 3.05) is 13.7 Å². The van der Waals surface area contributed by atoms with E-state index in [0.717, 1.165) is 0 Å². The lowest BCUT2D eigenvalue weighted by Crippen LogP contribution is -2.47. The van der Waals surface area contributed by atoms with E-state index in [0.29, 0.717) is 6.42 Å². The molecule has 17 heavy (non-hydrogen) atoms. The third-order valence-corrected chi connectivity index (χ3v) is 3.45. The highest BCUT2D eigenvalue weighted by Gasteiger charge is 2.61. The molecular weight excluding hydrogens is 240 g/mol. The molecule has 4 unspecified atom stereocenters. The van der Waals surface area contributed by atoms with Crippen molar-refractivity contribution in [3.05, 3.63) is 0 Å². The smallest absolute Gasteiger partial charge is 0.164 e. The fraction of sp³-hybridized carbons (Fsp3) is 0.917.